The lowest BCUT2D eigenvalue weighted by atomic mass is 9.85. The van der Waals surface area contributed by atoms with E-state index in [4.69, 9.17) is 14.6 Å². The molecule has 4 heteroatoms. The van der Waals surface area contributed by atoms with Gasteiger partial charge in [-0.15, -0.1) is 0 Å². The Labute approximate surface area is 114 Å². The van der Waals surface area contributed by atoms with Gasteiger partial charge in [0.05, 0.1) is 13.7 Å². The lowest BCUT2D eigenvalue weighted by molar-refractivity contribution is 0.0430. The van der Waals surface area contributed by atoms with E-state index in [2.05, 4.69) is 20.8 Å². The van der Waals surface area contributed by atoms with Gasteiger partial charge in [-0.3, -0.25) is 0 Å². The second-order valence-corrected chi connectivity index (χ2v) is 5.48. The monoisotopic (exact) mass is 266 g/mol. The van der Waals surface area contributed by atoms with Crippen LogP contribution >= 0.6 is 0 Å². The number of benzene rings is 1. The highest BCUT2D eigenvalue weighted by Crippen LogP contribution is 2.31. The molecule has 0 saturated carbocycles. The van der Waals surface area contributed by atoms with Crippen molar-refractivity contribution >= 4 is 5.97 Å². The van der Waals surface area contributed by atoms with E-state index >= 15 is 0 Å². The Hall–Kier alpha value is -1.55. The van der Waals surface area contributed by atoms with Crippen molar-refractivity contribution in [2.75, 3.05) is 20.3 Å². The molecule has 0 atom stereocenters. The summed E-state index contributed by atoms with van der Waals surface area (Å²) in [4.78, 5) is 12.0. The maximum Gasteiger partial charge on any atom is 0.342 e. The predicted molar refractivity (Wildman–Crippen MR) is 73.8 cm³/mol. The number of aliphatic hydroxyl groups is 1. The molecule has 0 aliphatic heterocycles. The lowest BCUT2D eigenvalue weighted by Crippen LogP contribution is -2.16. The van der Waals surface area contributed by atoms with E-state index in [1.54, 1.807) is 6.07 Å². The molecule has 0 spiro atoms. The van der Waals surface area contributed by atoms with Gasteiger partial charge in [0, 0.05) is 0 Å². The van der Waals surface area contributed by atoms with E-state index in [0.29, 0.717) is 11.3 Å². The smallest absolute Gasteiger partial charge is 0.342 e. The third-order valence-corrected chi connectivity index (χ3v) is 2.89. The average molecular weight is 266 g/mol. The first-order valence-electron chi connectivity index (χ1n) is 6.28. The van der Waals surface area contributed by atoms with Crippen LogP contribution in [0.25, 0.3) is 0 Å². The van der Waals surface area contributed by atoms with Gasteiger partial charge in [0.25, 0.3) is 0 Å². The zero-order chi connectivity index (χ0) is 14.6. The van der Waals surface area contributed by atoms with Gasteiger partial charge in [0.2, 0.25) is 0 Å². The molecule has 0 bridgehead atoms. The Bertz CT molecular complexity index is 458. The number of rotatable bonds is 4. The predicted octanol–water partition coefficient (Wildman–Crippen LogP) is 2.45. The van der Waals surface area contributed by atoms with Gasteiger partial charge in [0.15, 0.2) is 0 Å². The van der Waals surface area contributed by atoms with Crippen LogP contribution in [-0.4, -0.2) is 31.4 Å². The van der Waals surface area contributed by atoms with Gasteiger partial charge < -0.3 is 14.6 Å². The van der Waals surface area contributed by atoms with Gasteiger partial charge in [-0.25, -0.2) is 4.79 Å². The molecule has 1 rings (SSSR count). The summed E-state index contributed by atoms with van der Waals surface area (Å²) in [6.07, 6.45) is 0. The van der Waals surface area contributed by atoms with Crippen LogP contribution in [0.2, 0.25) is 0 Å². The van der Waals surface area contributed by atoms with Crippen LogP contribution in [0.15, 0.2) is 12.1 Å². The highest BCUT2D eigenvalue weighted by Gasteiger charge is 2.22. The second kappa shape index (κ2) is 6.06. The van der Waals surface area contributed by atoms with Gasteiger partial charge in [-0.1, -0.05) is 26.8 Å². The summed E-state index contributed by atoms with van der Waals surface area (Å²) < 4.78 is 10.3. The third kappa shape index (κ3) is 3.70. The minimum Gasteiger partial charge on any atom is -0.496 e. The van der Waals surface area contributed by atoms with Crippen molar-refractivity contribution in [3.8, 4) is 5.75 Å². The molecule has 0 saturated heterocycles. The van der Waals surface area contributed by atoms with Crippen LogP contribution < -0.4 is 4.74 Å². The Morgan fingerprint density at radius 3 is 2.42 bits per heavy atom. The molecule has 106 valence electrons. The normalized spacial score (nSPS) is 11.3. The van der Waals surface area contributed by atoms with Gasteiger partial charge in [-0.05, 0) is 29.5 Å². The average Bonchev–Trinajstić information content (AvgIpc) is 2.33. The molecular formula is C15H22O4. The summed E-state index contributed by atoms with van der Waals surface area (Å²) >= 11 is 0. The molecule has 19 heavy (non-hydrogen) atoms. The van der Waals surface area contributed by atoms with Crippen molar-refractivity contribution < 1.29 is 19.4 Å². The van der Waals surface area contributed by atoms with Crippen molar-refractivity contribution in [3.05, 3.63) is 28.8 Å². The van der Waals surface area contributed by atoms with Crippen molar-refractivity contribution in [1.29, 1.82) is 0 Å². The second-order valence-electron chi connectivity index (χ2n) is 5.48. The summed E-state index contributed by atoms with van der Waals surface area (Å²) in [5, 5.41) is 8.72. The number of ether oxygens (including phenoxy) is 2. The Kier molecular flexibility index (Phi) is 4.95. The highest BCUT2D eigenvalue weighted by atomic mass is 16.5. The third-order valence-electron chi connectivity index (χ3n) is 2.89. The molecule has 0 heterocycles. The molecule has 1 aromatic rings. The van der Waals surface area contributed by atoms with E-state index < -0.39 is 5.97 Å². The molecule has 1 aromatic carbocycles. The fraction of sp³-hybridized carbons (Fsp3) is 0.533. The first kappa shape index (κ1) is 15.5. The Morgan fingerprint density at radius 1 is 1.32 bits per heavy atom. The molecule has 0 amide bonds. The first-order valence-corrected chi connectivity index (χ1v) is 6.28. The molecular weight excluding hydrogens is 244 g/mol. The molecule has 0 radical (unpaired) electrons. The van der Waals surface area contributed by atoms with Crippen molar-refractivity contribution in [2.45, 2.75) is 33.1 Å². The number of aryl methyl sites for hydroxylation is 1. The van der Waals surface area contributed by atoms with Crippen molar-refractivity contribution in [2.24, 2.45) is 0 Å². The van der Waals surface area contributed by atoms with Crippen molar-refractivity contribution in [3.63, 3.8) is 0 Å². The summed E-state index contributed by atoms with van der Waals surface area (Å²) in [5.41, 5.74) is 2.27. The number of aliphatic hydroxyl groups excluding tert-OH is 1. The molecule has 4 nitrogen and oxygen atoms in total. The van der Waals surface area contributed by atoms with Gasteiger partial charge in [-0.2, -0.15) is 0 Å². The van der Waals surface area contributed by atoms with E-state index in [1.165, 1.54) is 7.11 Å². The maximum absolute atomic E-state index is 12.0. The summed E-state index contributed by atoms with van der Waals surface area (Å²) in [6, 6.07) is 3.81. The Morgan fingerprint density at radius 2 is 1.95 bits per heavy atom. The van der Waals surface area contributed by atoms with Crippen LogP contribution in [0.3, 0.4) is 0 Å². The van der Waals surface area contributed by atoms with Gasteiger partial charge >= 0.3 is 5.97 Å². The number of methoxy groups -OCH3 is 1. The highest BCUT2D eigenvalue weighted by molar-refractivity contribution is 5.93. The summed E-state index contributed by atoms with van der Waals surface area (Å²) in [5.74, 6) is 0.0519. The van der Waals surface area contributed by atoms with E-state index in [9.17, 15) is 4.79 Å². The summed E-state index contributed by atoms with van der Waals surface area (Å²) in [6.45, 7) is 7.94. The van der Waals surface area contributed by atoms with Crippen LogP contribution in [0, 0.1) is 6.92 Å². The number of esters is 1. The molecule has 0 unspecified atom stereocenters. The number of carbonyl (C=O) groups is 1. The van der Waals surface area contributed by atoms with E-state index in [0.717, 1.165) is 11.1 Å². The minimum absolute atomic E-state index is 0.0131. The number of carbonyl (C=O) groups excluding carboxylic acids is 1. The zero-order valence-corrected chi connectivity index (χ0v) is 12.2. The fourth-order valence-corrected chi connectivity index (χ4v) is 1.85. The van der Waals surface area contributed by atoms with Crippen LogP contribution in [0.4, 0.5) is 0 Å². The summed E-state index contributed by atoms with van der Waals surface area (Å²) in [7, 11) is 1.53. The molecule has 0 aromatic heterocycles. The van der Waals surface area contributed by atoms with Gasteiger partial charge in [0.1, 0.15) is 17.9 Å². The molecule has 0 fully saturated rings. The maximum atomic E-state index is 12.0. The molecule has 0 aliphatic carbocycles. The zero-order valence-electron chi connectivity index (χ0n) is 12.2. The molecule has 1 N–H and O–H groups in total. The van der Waals surface area contributed by atoms with E-state index in [-0.39, 0.29) is 18.6 Å². The van der Waals surface area contributed by atoms with Crippen LogP contribution in [0.1, 0.15) is 42.3 Å². The standard InChI is InChI=1S/C15H22O4/c1-10-8-11(15(2,3)4)9-12(13(10)18-5)14(17)19-7-6-16/h8-9,16H,6-7H2,1-5H3. The van der Waals surface area contributed by atoms with Crippen LogP contribution in [-0.2, 0) is 10.2 Å². The largest absolute Gasteiger partial charge is 0.496 e. The van der Waals surface area contributed by atoms with Crippen LogP contribution in [0.5, 0.6) is 5.75 Å². The number of hydrogen-bond donors (Lipinski definition) is 1. The minimum atomic E-state index is -0.472. The quantitative estimate of drug-likeness (QED) is 0.850. The fourth-order valence-electron chi connectivity index (χ4n) is 1.85. The van der Waals surface area contributed by atoms with Crippen molar-refractivity contribution in [1.82, 2.24) is 0 Å². The first-order chi connectivity index (χ1) is 8.81. The molecule has 0 aliphatic rings. The Balaban J connectivity index is 3.26. The van der Waals surface area contributed by atoms with E-state index in [1.807, 2.05) is 13.0 Å². The number of hydrogen-bond acceptors (Lipinski definition) is 4. The topological polar surface area (TPSA) is 55.8 Å². The lowest BCUT2D eigenvalue weighted by Gasteiger charge is -2.22. The SMILES string of the molecule is COc1c(C)cc(C(C)(C)C)cc1C(=O)OCCO.